The molecule has 2 saturated heterocycles. The minimum absolute atomic E-state index is 0.0375. The summed E-state index contributed by atoms with van der Waals surface area (Å²) in [4.78, 5) is 12.0. The second-order valence-corrected chi connectivity index (χ2v) is 5.22. The molecule has 0 aliphatic carbocycles. The van der Waals surface area contributed by atoms with E-state index in [1.165, 1.54) is 0 Å². The van der Waals surface area contributed by atoms with Gasteiger partial charge in [-0.05, 0) is 19.3 Å². The number of amides is 1. The molecule has 3 nitrogen and oxygen atoms in total. The number of nitrogens with one attached hydrogen (secondary N) is 2. The SMILES string of the molecule is O=C(Nc1c(F)c(F)cc(F)c1F)C1CC2CCC1N2. The zero-order valence-corrected chi connectivity index (χ0v) is 10.4. The molecule has 0 saturated carbocycles. The third-order valence-electron chi connectivity index (χ3n) is 4.00. The van der Waals surface area contributed by atoms with Crippen molar-refractivity contribution in [3.05, 3.63) is 29.3 Å². The van der Waals surface area contributed by atoms with Crippen molar-refractivity contribution in [1.29, 1.82) is 0 Å². The van der Waals surface area contributed by atoms with Crippen molar-refractivity contribution >= 4 is 11.6 Å². The predicted molar refractivity (Wildman–Crippen MR) is 63.0 cm³/mol. The molecule has 1 amide bonds. The van der Waals surface area contributed by atoms with E-state index >= 15 is 0 Å². The van der Waals surface area contributed by atoms with Crippen molar-refractivity contribution < 1.29 is 22.4 Å². The van der Waals surface area contributed by atoms with Crippen molar-refractivity contribution in [2.75, 3.05) is 5.32 Å². The van der Waals surface area contributed by atoms with Crippen molar-refractivity contribution in [1.82, 2.24) is 5.32 Å². The van der Waals surface area contributed by atoms with E-state index in [4.69, 9.17) is 0 Å². The fourth-order valence-corrected chi connectivity index (χ4v) is 3.01. The lowest BCUT2D eigenvalue weighted by atomic mass is 9.88. The molecule has 7 heteroatoms. The summed E-state index contributed by atoms with van der Waals surface area (Å²) in [7, 11) is 0. The van der Waals surface area contributed by atoms with Gasteiger partial charge >= 0.3 is 0 Å². The van der Waals surface area contributed by atoms with Gasteiger partial charge in [0.25, 0.3) is 0 Å². The number of hydrogen-bond donors (Lipinski definition) is 2. The molecule has 0 spiro atoms. The second-order valence-electron chi connectivity index (χ2n) is 5.22. The maximum atomic E-state index is 13.5. The monoisotopic (exact) mass is 288 g/mol. The highest BCUT2D eigenvalue weighted by Gasteiger charge is 2.43. The van der Waals surface area contributed by atoms with Crippen molar-refractivity contribution in [2.24, 2.45) is 5.92 Å². The van der Waals surface area contributed by atoms with Gasteiger partial charge in [0.15, 0.2) is 23.3 Å². The normalized spacial score (nSPS) is 27.9. The van der Waals surface area contributed by atoms with Crippen LogP contribution in [0.15, 0.2) is 6.07 Å². The molecule has 0 radical (unpaired) electrons. The highest BCUT2D eigenvalue weighted by molar-refractivity contribution is 5.93. The summed E-state index contributed by atoms with van der Waals surface area (Å²) in [5, 5.41) is 5.18. The van der Waals surface area contributed by atoms with Crippen LogP contribution in [0.25, 0.3) is 0 Å². The van der Waals surface area contributed by atoms with Gasteiger partial charge in [-0.2, -0.15) is 0 Å². The highest BCUT2D eigenvalue weighted by atomic mass is 19.2. The highest BCUT2D eigenvalue weighted by Crippen LogP contribution is 2.34. The Kier molecular flexibility index (Phi) is 3.16. The van der Waals surface area contributed by atoms with E-state index in [0.717, 1.165) is 12.8 Å². The van der Waals surface area contributed by atoms with Gasteiger partial charge in [0, 0.05) is 18.2 Å². The molecule has 3 rings (SSSR count). The molecule has 3 atom stereocenters. The summed E-state index contributed by atoms with van der Waals surface area (Å²) in [6, 6.07) is 0.304. The van der Waals surface area contributed by atoms with E-state index in [-0.39, 0.29) is 18.2 Å². The lowest BCUT2D eigenvalue weighted by molar-refractivity contribution is -0.120. The summed E-state index contributed by atoms with van der Waals surface area (Å²) in [6.45, 7) is 0. The number of benzene rings is 1. The van der Waals surface area contributed by atoms with E-state index in [9.17, 15) is 22.4 Å². The Morgan fingerprint density at radius 1 is 1.15 bits per heavy atom. The third-order valence-corrected chi connectivity index (χ3v) is 4.00. The number of carbonyl (C=O) groups is 1. The van der Waals surface area contributed by atoms with Crippen LogP contribution >= 0.6 is 0 Å². The quantitative estimate of drug-likeness (QED) is 0.648. The second kappa shape index (κ2) is 4.73. The average Bonchev–Trinajstić information content (AvgIpc) is 3.03. The first-order valence-electron chi connectivity index (χ1n) is 6.37. The predicted octanol–water partition coefficient (Wildman–Crippen LogP) is 2.32. The first kappa shape index (κ1) is 13.4. The van der Waals surface area contributed by atoms with E-state index < -0.39 is 40.8 Å². The van der Waals surface area contributed by atoms with Crippen LogP contribution in [-0.4, -0.2) is 18.0 Å². The Balaban J connectivity index is 1.83. The van der Waals surface area contributed by atoms with E-state index in [0.29, 0.717) is 6.42 Å². The molecule has 2 heterocycles. The van der Waals surface area contributed by atoms with Crippen LogP contribution in [0.3, 0.4) is 0 Å². The number of anilines is 1. The molecule has 20 heavy (non-hydrogen) atoms. The first-order valence-corrected chi connectivity index (χ1v) is 6.37. The van der Waals surface area contributed by atoms with Crippen molar-refractivity contribution in [2.45, 2.75) is 31.3 Å². The van der Waals surface area contributed by atoms with Crippen LogP contribution in [0.2, 0.25) is 0 Å². The fraction of sp³-hybridized carbons (Fsp3) is 0.462. The van der Waals surface area contributed by atoms with Crippen LogP contribution in [0.4, 0.5) is 23.2 Å². The molecular formula is C13H12F4N2O. The standard InChI is InChI=1S/C13H12F4N2O/c14-7-4-8(15)11(17)12(10(7)16)19-13(20)6-3-5-1-2-9(6)18-5/h4-6,9,18H,1-3H2,(H,19,20). The molecule has 2 aliphatic rings. The molecule has 2 aliphatic heterocycles. The lowest BCUT2D eigenvalue weighted by Crippen LogP contribution is -2.33. The Labute approximate surface area is 112 Å². The van der Waals surface area contributed by atoms with Gasteiger partial charge in [-0.1, -0.05) is 0 Å². The molecule has 1 aromatic rings. The summed E-state index contributed by atoms with van der Waals surface area (Å²) in [5.74, 6) is -7.30. The van der Waals surface area contributed by atoms with Gasteiger partial charge in [0.2, 0.25) is 5.91 Å². The van der Waals surface area contributed by atoms with Gasteiger partial charge in [-0.25, -0.2) is 17.6 Å². The number of halogens is 4. The molecule has 0 aromatic heterocycles. The first-order chi connectivity index (χ1) is 9.47. The molecule has 3 unspecified atom stereocenters. The van der Waals surface area contributed by atoms with Crippen LogP contribution < -0.4 is 10.6 Å². The maximum Gasteiger partial charge on any atom is 0.229 e. The van der Waals surface area contributed by atoms with Gasteiger partial charge in [0.05, 0.1) is 5.92 Å². The van der Waals surface area contributed by atoms with Gasteiger partial charge in [-0.15, -0.1) is 0 Å². The summed E-state index contributed by atoms with van der Waals surface area (Å²) in [5.41, 5.74) is -1.06. The number of carbonyl (C=O) groups excluding carboxylic acids is 1. The van der Waals surface area contributed by atoms with Gasteiger partial charge < -0.3 is 10.6 Å². The van der Waals surface area contributed by atoms with Crippen LogP contribution in [0.5, 0.6) is 0 Å². The zero-order chi connectivity index (χ0) is 14.4. The summed E-state index contributed by atoms with van der Waals surface area (Å²) < 4.78 is 53.0. The van der Waals surface area contributed by atoms with Gasteiger partial charge in [0.1, 0.15) is 5.69 Å². The maximum absolute atomic E-state index is 13.5. The summed E-state index contributed by atoms with van der Waals surface area (Å²) in [6.07, 6.45) is 2.34. The Morgan fingerprint density at radius 3 is 2.30 bits per heavy atom. The molecular weight excluding hydrogens is 276 g/mol. The van der Waals surface area contributed by atoms with E-state index in [1.807, 2.05) is 5.32 Å². The number of rotatable bonds is 2. The van der Waals surface area contributed by atoms with Crippen LogP contribution in [0, 0.1) is 29.2 Å². The smallest absolute Gasteiger partial charge is 0.229 e. The molecule has 2 fully saturated rings. The minimum atomic E-state index is -1.59. The molecule has 2 bridgehead atoms. The van der Waals surface area contributed by atoms with Crippen LogP contribution in [-0.2, 0) is 4.79 Å². The summed E-state index contributed by atoms with van der Waals surface area (Å²) >= 11 is 0. The average molecular weight is 288 g/mol. The largest absolute Gasteiger partial charge is 0.321 e. The topological polar surface area (TPSA) is 41.1 Å². The molecule has 2 N–H and O–H groups in total. The van der Waals surface area contributed by atoms with Crippen LogP contribution in [0.1, 0.15) is 19.3 Å². The third kappa shape index (κ3) is 2.06. The zero-order valence-electron chi connectivity index (χ0n) is 10.4. The van der Waals surface area contributed by atoms with Crippen molar-refractivity contribution in [3.8, 4) is 0 Å². The number of fused-ring (bicyclic) bond motifs is 2. The van der Waals surface area contributed by atoms with Gasteiger partial charge in [-0.3, -0.25) is 4.79 Å². The van der Waals surface area contributed by atoms with E-state index in [2.05, 4.69) is 5.32 Å². The fourth-order valence-electron chi connectivity index (χ4n) is 3.01. The number of hydrogen-bond acceptors (Lipinski definition) is 2. The molecule has 108 valence electrons. The molecule has 1 aromatic carbocycles. The lowest BCUT2D eigenvalue weighted by Gasteiger charge is -2.19. The van der Waals surface area contributed by atoms with Crippen molar-refractivity contribution in [3.63, 3.8) is 0 Å². The minimum Gasteiger partial charge on any atom is -0.321 e. The Bertz CT molecular complexity index is 552. The Hall–Kier alpha value is -1.63. The Morgan fingerprint density at radius 2 is 1.80 bits per heavy atom. The van der Waals surface area contributed by atoms with E-state index in [1.54, 1.807) is 0 Å².